The molecule has 2 N–H and O–H groups in total. The summed E-state index contributed by atoms with van der Waals surface area (Å²) in [5.74, 6) is -0.534. The summed E-state index contributed by atoms with van der Waals surface area (Å²) in [7, 11) is 0. The summed E-state index contributed by atoms with van der Waals surface area (Å²) >= 11 is 0. The average molecular weight is 291 g/mol. The summed E-state index contributed by atoms with van der Waals surface area (Å²) in [5.41, 5.74) is 7.24. The van der Waals surface area contributed by atoms with E-state index in [-0.39, 0.29) is 5.91 Å². The SMILES string of the molecule is Nc1cc(C(=O)N2CCCC3(C2)OCCO3)n(C2CC2)c1. The first-order valence-electron chi connectivity index (χ1n) is 7.71. The average Bonchev–Trinajstić information content (AvgIpc) is 3.13. The van der Waals surface area contributed by atoms with Crippen LogP contribution in [-0.2, 0) is 9.47 Å². The topological polar surface area (TPSA) is 69.7 Å². The molecule has 2 saturated heterocycles. The van der Waals surface area contributed by atoms with Crippen LogP contribution < -0.4 is 5.73 Å². The smallest absolute Gasteiger partial charge is 0.270 e. The molecular formula is C15H21N3O3. The summed E-state index contributed by atoms with van der Waals surface area (Å²) in [4.78, 5) is 14.7. The first-order valence-corrected chi connectivity index (χ1v) is 7.71. The van der Waals surface area contributed by atoms with E-state index in [1.807, 2.05) is 15.7 Å². The van der Waals surface area contributed by atoms with Crippen molar-refractivity contribution in [2.75, 3.05) is 32.0 Å². The highest BCUT2D eigenvalue weighted by molar-refractivity contribution is 5.94. The first-order chi connectivity index (χ1) is 10.2. The quantitative estimate of drug-likeness (QED) is 0.894. The van der Waals surface area contributed by atoms with E-state index in [0.29, 0.717) is 37.2 Å². The summed E-state index contributed by atoms with van der Waals surface area (Å²) in [6.45, 7) is 2.51. The van der Waals surface area contributed by atoms with Crippen LogP contribution in [0, 0.1) is 0 Å². The molecule has 3 aliphatic rings. The fraction of sp³-hybridized carbons (Fsp3) is 0.667. The molecule has 1 saturated carbocycles. The number of ether oxygens (including phenoxy) is 2. The number of nitrogens with zero attached hydrogens (tertiary/aromatic N) is 2. The predicted octanol–water partition coefficient (Wildman–Crippen LogP) is 1.38. The molecule has 0 bridgehead atoms. The molecule has 114 valence electrons. The molecule has 1 aromatic rings. The molecule has 2 aliphatic heterocycles. The minimum atomic E-state index is -0.573. The molecule has 1 spiro atoms. The highest BCUT2D eigenvalue weighted by atomic mass is 16.7. The third kappa shape index (κ3) is 2.32. The number of hydrogen-bond donors (Lipinski definition) is 1. The van der Waals surface area contributed by atoms with Crippen molar-refractivity contribution in [2.45, 2.75) is 37.5 Å². The molecule has 3 heterocycles. The summed E-state index contributed by atoms with van der Waals surface area (Å²) in [5, 5.41) is 0. The van der Waals surface area contributed by atoms with Crippen molar-refractivity contribution in [1.29, 1.82) is 0 Å². The minimum Gasteiger partial charge on any atom is -0.397 e. The van der Waals surface area contributed by atoms with Crippen molar-refractivity contribution in [1.82, 2.24) is 9.47 Å². The number of carbonyl (C=O) groups is 1. The van der Waals surface area contributed by atoms with Crippen LogP contribution in [0.4, 0.5) is 5.69 Å². The molecule has 0 atom stereocenters. The maximum Gasteiger partial charge on any atom is 0.270 e. The summed E-state index contributed by atoms with van der Waals surface area (Å²) < 4.78 is 13.5. The Balaban J connectivity index is 1.56. The van der Waals surface area contributed by atoms with Crippen LogP contribution in [0.25, 0.3) is 0 Å². The monoisotopic (exact) mass is 291 g/mol. The fourth-order valence-corrected chi connectivity index (χ4v) is 3.38. The number of likely N-dealkylation sites (tertiary alicyclic amines) is 1. The zero-order valence-electron chi connectivity index (χ0n) is 12.1. The van der Waals surface area contributed by atoms with E-state index in [2.05, 4.69) is 0 Å². The molecule has 0 radical (unpaired) electrons. The molecule has 6 nitrogen and oxygen atoms in total. The standard InChI is InChI=1S/C15H21N3O3/c16-11-8-13(18(9-11)12-2-3-12)14(19)17-5-1-4-15(10-17)20-6-7-21-15/h8-9,12H,1-7,10,16H2. The lowest BCUT2D eigenvalue weighted by atomic mass is 10.0. The third-order valence-corrected chi connectivity index (χ3v) is 4.55. The van der Waals surface area contributed by atoms with E-state index in [4.69, 9.17) is 15.2 Å². The van der Waals surface area contributed by atoms with Gasteiger partial charge in [-0.1, -0.05) is 0 Å². The van der Waals surface area contributed by atoms with E-state index < -0.39 is 5.79 Å². The summed E-state index contributed by atoms with van der Waals surface area (Å²) in [6, 6.07) is 2.23. The molecule has 1 aromatic heterocycles. The Morgan fingerprint density at radius 3 is 2.81 bits per heavy atom. The summed E-state index contributed by atoms with van der Waals surface area (Å²) in [6.07, 6.45) is 5.91. The lowest BCUT2D eigenvalue weighted by Crippen LogP contribution is -2.51. The molecule has 0 unspecified atom stereocenters. The second-order valence-electron chi connectivity index (χ2n) is 6.23. The van der Waals surface area contributed by atoms with Gasteiger partial charge in [0.05, 0.1) is 25.4 Å². The Labute approximate surface area is 123 Å². The Morgan fingerprint density at radius 1 is 1.33 bits per heavy atom. The molecule has 4 rings (SSSR count). The second kappa shape index (κ2) is 4.74. The Hall–Kier alpha value is -1.53. The molecule has 6 heteroatoms. The number of hydrogen-bond acceptors (Lipinski definition) is 4. The zero-order chi connectivity index (χ0) is 14.4. The van der Waals surface area contributed by atoms with Gasteiger partial charge in [0.2, 0.25) is 0 Å². The lowest BCUT2D eigenvalue weighted by molar-refractivity contribution is -0.183. The van der Waals surface area contributed by atoms with Gasteiger partial charge in [-0.2, -0.15) is 0 Å². The van der Waals surface area contributed by atoms with Gasteiger partial charge in [0, 0.05) is 25.2 Å². The van der Waals surface area contributed by atoms with Crippen molar-refractivity contribution < 1.29 is 14.3 Å². The molecule has 0 aromatic carbocycles. The van der Waals surface area contributed by atoms with Crippen molar-refractivity contribution in [3.63, 3.8) is 0 Å². The number of amides is 1. The van der Waals surface area contributed by atoms with Gasteiger partial charge in [-0.3, -0.25) is 4.79 Å². The molecule has 1 aliphatic carbocycles. The number of carbonyl (C=O) groups excluding carboxylic acids is 1. The van der Waals surface area contributed by atoms with Crippen molar-refractivity contribution in [3.05, 3.63) is 18.0 Å². The zero-order valence-corrected chi connectivity index (χ0v) is 12.1. The van der Waals surface area contributed by atoms with E-state index >= 15 is 0 Å². The number of aromatic nitrogens is 1. The molecular weight excluding hydrogens is 270 g/mol. The third-order valence-electron chi connectivity index (χ3n) is 4.55. The van der Waals surface area contributed by atoms with Crippen LogP contribution >= 0.6 is 0 Å². The van der Waals surface area contributed by atoms with Gasteiger partial charge in [0.25, 0.3) is 5.91 Å². The van der Waals surface area contributed by atoms with Crippen molar-refractivity contribution in [3.8, 4) is 0 Å². The van der Waals surface area contributed by atoms with Gasteiger partial charge in [0.1, 0.15) is 5.69 Å². The number of piperidine rings is 1. The van der Waals surface area contributed by atoms with Crippen molar-refractivity contribution >= 4 is 11.6 Å². The van der Waals surface area contributed by atoms with Gasteiger partial charge >= 0.3 is 0 Å². The number of rotatable bonds is 2. The second-order valence-corrected chi connectivity index (χ2v) is 6.23. The maximum absolute atomic E-state index is 12.8. The van der Waals surface area contributed by atoms with Crippen LogP contribution in [0.15, 0.2) is 12.3 Å². The molecule has 3 fully saturated rings. The maximum atomic E-state index is 12.8. The Bertz CT molecular complexity index is 559. The van der Waals surface area contributed by atoms with Crippen LogP contribution in [0.3, 0.4) is 0 Å². The largest absolute Gasteiger partial charge is 0.397 e. The van der Waals surface area contributed by atoms with Gasteiger partial charge in [-0.25, -0.2) is 0 Å². The Morgan fingerprint density at radius 2 is 2.10 bits per heavy atom. The highest BCUT2D eigenvalue weighted by Crippen LogP contribution is 2.38. The number of nitrogens with two attached hydrogens (primary N) is 1. The number of nitrogen functional groups attached to an aromatic ring is 1. The van der Waals surface area contributed by atoms with Crippen molar-refractivity contribution in [2.24, 2.45) is 0 Å². The Kier molecular flexibility index (Phi) is 2.97. The van der Waals surface area contributed by atoms with Crippen LogP contribution in [0.2, 0.25) is 0 Å². The van der Waals surface area contributed by atoms with E-state index in [9.17, 15) is 4.79 Å². The van der Waals surface area contributed by atoms with Gasteiger partial charge in [-0.15, -0.1) is 0 Å². The van der Waals surface area contributed by atoms with E-state index in [0.717, 1.165) is 32.2 Å². The molecule has 21 heavy (non-hydrogen) atoms. The molecule has 1 amide bonds. The van der Waals surface area contributed by atoms with E-state index in [1.54, 1.807) is 6.07 Å². The van der Waals surface area contributed by atoms with Crippen LogP contribution in [-0.4, -0.2) is 47.5 Å². The van der Waals surface area contributed by atoms with Crippen LogP contribution in [0.1, 0.15) is 42.2 Å². The van der Waals surface area contributed by atoms with Crippen LogP contribution in [0.5, 0.6) is 0 Å². The normalized spacial score (nSPS) is 24.7. The number of anilines is 1. The van der Waals surface area contributed by atoms with Gasteiger partial charge in [0.15, 0.2) is 5.79 Å². The fourth-order valence-electron chi connectivity index (χ4n) is 3.38. The minimum absolute atomic E-state index is 0.0387. The highest BCUT2D eigenvalue weighted by Gasteiger charge is 2.43. The van der Waals surface area contributed by atoms with E-state index in [1.165, 1.54) is 0 Å². The predicted molar refractivity (Wildman–Crippen MR) is 76.9 cm³/mol. The first kappa shape index (κ1) is 13.2. The van der Waals surface area contributed by atoms with Gasteiger partial charge in [-0.05, 0) is 25.3 Å². The lowest BCUT2D eigenvalue weighted by Gasteiger charge is -2.38. The van der Waals surface area contributed by atoms with Gasteiger partial charge < -0.3 is 24.7 Å².